The quantitative estimate of drug-likeness (QED) is 0.858. The zero-order valence-corrected chi connectivity index (χ0v) is 15.1. The van der Waals surface area contributed by atoms with E-state index in [1.165, 1.54) is 6.42 Å². The summed E-state index contributed by atoms with van der Waals surface area (Å²) in [6, 6.07) is 0.641. The lowest BCUT2D eigenvalue weighted by atomic mass is 10.0. The van der Waals surface area contributed by atoms with Crippen LogP contribution in [0.15, 0.2) is 4.60 Å². The fourth-order valence-electron chi connectivity index (χ4n) is 3.05. The number of nitrogens with zero attached hydrogens (tertiary/aromatic N) is 5. The summed E-state index contributed by atoms with van der Waals surface area (Å²) in [5, 5.41) is 12.0. The van der Waals surface area contributed by atoms with Crippen molar-refractivity contribution in [2.45, 2.75) is 31.8 Å². The Morgan fingerprint density at radius 1 is 1.33 bits per heavy atom. The first-order valence-corrected chi connectivity index (χ1v) is 8.51. The third-order valence-corrected chi connectivity index (χ3v) is 4.80. The molecule has 0 spiro atoms. The Morgan fingerprint density at radius 3 is 2.71 bits per heavy atom. The number of nitrogens with one attached hydrogen (secondary N) is 1. The van der Waals surface area contributed by atoms with E-state index in [-0.39, 0.29) is 6.04 Å². The largest absolute Gasteiger partial charge is 0.307 e. The molecule has 2 unspecified atom stereocenters. The molecule has 0 radical (unpaired) electrons. The average Bonchev–Trinajstić information content (AvgIpc) is 2.67. The van der Waals surface area contributed by atoms with Gasteiger partial charge < -0.3 is 15.1 Å². The lowest BCUT2D eigenvalue weighted by Crippen LogP contribution is -2.48. The van der Waals surface area contributed by atoms with Gasteiger partial charge in [-0.15, -0.1) is 5.10 Å². The molecule has 7 heteroatoms. The van der Waals surface area contributed by atoms with E-state index in [1.807, 2.05) is 11.7 Å². The van der Waals surface area contributed by atoms with Crippen molar-refractivity contribution in [3.8, 4) is 0 Å². The van der Waals surface area contributed by atoms with Crippen LogP contribution in [0, 0.1) is 0 Å². The number of aromatic nitrogens is 3. The first kappa shape index (κ1) is 16.9. The molecule has 0 aliphatic carbocycles. The Hall–Kier alpha value is -0.500. The van der Waals surface area contributed by atoms with Crippen molar-refractivity contribution in [1.29, 1.82) is 0 Å². The van der Waals surface area contributed by atoms with E-state index in [9.17, 15) is 0 Å². The molecule has 2 rings (SSSR count). The predicted molar refractivity (Wildman–Crippen MR) is 88.3 cm³/mol. The van der Waals surface area contributed by atoms with Crippen LogP contribution in [0.1, 0.15) is 31.5 Å². The topological polar surface area (TPSA) is 49.2 Å². The van der Waals surface area contributed by atoms with Gasteiger partial charge in [-0.2, -0.15) is 0 Å². The van der Waals surface area contributed by atoms with Crippen molar-refractivity contribution >= 4 is 15.9 Å². The molecule has 120 valence electrons. The summed E-state index contributed by atoms with van der Waals surface area (Å²) in [5.74, 6) is 0. The minimum atomic E-state index is 0.227. The van der Waals surface area contributed by atoms with Gasteiger partial charge in [0.1, 0.15) is 0 Å². The van der Waals surface area contributed by atoms with Crippen molar-refractivity contribution < 1.29 is 0 Å². The van der Waals surface area contributed by atoms with Gasteiger partial charge in [0.15, 0.2) is 4.60 Å². The second-order valence-corrected chi connectivity index (χ2v) is 6.74. The molecular formula is C14H27BrN6. The van der Waals surface area contributed by atoms with Crippen LogP contribution in [0.5, 0.6) is 0 Å². The number of halogens is 1. The van der Waals surface area contributed by atoms with Gasteiger partial charge in [0.2, 0.25) is 0 Å². The van der Waals surface area contributed by atoms with Gasteiger partial charge in [0.05, 0.1) is 11.7 Å². The highest BCUT2D eigenvalue weighted by Gasteiger charge is 2.32. The maximum atomic E-state index is 4.16. The van der Waals surface area contributed by atoms with E-state index in [1.54, 1.807) is 0 Å². The standard InChI is InChI=1S/C14H27BrN6/c1-5-7-16-12(13-14(15)17-18-21(13)4)11-10-19(2)8-6-9-20(11)3/h11-12,16H,5-10H2,1-4H3. The number of hydrogen-bond acceptors (Lipinski definition) is 5. The molecule has 0 aromatic carbocycles. The zero-order valence-electron chi connectivity index (χ0n) is 13.5. The van der Waals surface area contributed by atoms with E-state index in [0.29, 0.717) is 6.04 Å². The summed E-state index contributed by atoms with van der Waals surface area (Å²) in [6.07, 6.45) is 2.33. The van der Waals surface area contributed by atoms with Crippen molar-refractivity contribution in [1.82, 2.24) is 30.1 Å². The van der Waals surface area contributed by atoms with E-state index in [0.717, 1.165) is 42.9 Å². The number of rotatable bonds is 5. The van der Waals surface area contributed by atoms with Crippen LogP contribution in [0.2, 0.25) is 0 Å². The number of likely N-dealkylation sites (N-methyl/N-ethyl adjacent to an activating group) is 2. The summed E-state index contributed by atoms with van der Waals surface area (Å²) >= 11 is 3.56. The molecule has 0 amide bonds. The Labute approximate surface area is 136 Å². The molecule has 6 nitrogen and oxygen atoms in total. The molecule has 1 fully saturated rings. The zero-order chi connectivity index (χ0) is 15.4. The molecular weight excluding hydrogens is 332 g/mol. The van der Waals surface area contributed by atoms with Crippen LogP contribution >= 0.6 is 15.9 Å². The molecule has 1 aromatic rings. The SMILES string of the molecule is CCCNC(c1c(Br)nnn1C)C1CN(C)CCCN1C. The normalized spacial score (nSPS) is 23.2. The summed E-state index contributed by atoms with van der Waals surface area (Å²) in [6.45, 7) is 6.53. The van der Waals surface area contributed by atoms with Crippen LogP contribution in [0.4, 0.5) is 0 Å². The fourth-order valence-corrected chi connectivity index (χ4v) is 3.62. The smallest absolute Gasteiger partial charge is 0.153 e. The summed E-state index contributed by atoms with van der Waals surface area (Å²) in [7, 11) is 6.40. The molecule has 21 heavy (non-hydrogen) atoms. The molecule has 1 saturated heterocycles. The Morgan fingerprint density at radius 2 is 2.10 bits per heavy atom. The third-order valence-electron chi connectivity index (χ3n) is 4.24. The molecule has 1 aliphatic heterocycles. The second-order valence-electron chi connectivity index (χ2n) is 5.98. The molecule has 2 heterocycles. The molecule has 0 saturated carbocycles. The van der Waals surface area contributed by atoms with Crippen LogP contribution in [0.25, 0.3) is 0 Å². The van der Waals surface area contributed by atoms with Gasteiger partial charge in [-0.05, 0) is 62.5 Å². The van der Waals surface area contributed by atoms with Crippen LogP contribution in [0.3, 0.4) is 0 Å². The molecule has 0 bridgehead atoms. The van der Waals surface area contributed by atoms with E-state index < -0.39 is 0 Å². The predicted octanol–water partition coefficient (Wildman–Crippen LogP) is 1.25. The lowest BCUT2D eigenvalue weighted by molar-refractivity contribution is 0.173. The lowest BCUT2D eigenvalue weighted by Gasteiger charge is -2.35. The molecule has 1 aromatic heterocycles. The minimum Gasteiger partial charge on any atom is -0.307 e. The first-order valence-electron chi connectivity index (χ1n) is 7.71. The van der Waals surface area contributed by atoms with Gasteiger partial charge in [-0.25, -0.2) is 4.68 Å². The minimum absolute atomic E-state index is 0.227. The van der Waals surface area contributed by atoms with Gasteiger partial charge in [0.25, 0.3) is 0 Å². The number of hydrogen-bond donors (Lipinski definition) is 1. The molecule has 1 N–H and O–H groups in total. The Balaban J connectivity index is 2.29. The van der Waals surface area contributed by atoms with Gasteiger partial charge in [0, 0.05) is 19.6 Å². The molecule has 1 aliphatic rings. The Kier molecular flexibility index (Phi) is 6.16. The van der Waals surface area contributed by atoms with E-state index in [4.69, 9.17) is 0 Å². The number of aryl methyl sites for hydroxylation is 1. The highest BCUT2D eigenvalue weighted by atomic mass is 79.9. The fraction of sp³-hybridized carbons (Fsp3) is 0.857. The van der Waals surface area contributed by atoms with Gasteiger partial charge in [-0.3, -0.25) is 0 Å². The highest BCUT2D eigenvalue weighted by Crippen LogP contribution is 2.27. The maximum Gasteiger partial charge on any atom is 0.153 e. The van der Waals surface area contributed by atoms with Crippen molar-refractivity contribution in [3.05, 3.63) is 10.3 Å². The van der Waals surface area contributed by atoms with Crippen molar-refractivity contribution in [2.75, 3.05) is 40.3 Å². The highest BCUT2D eigenvalue weighted by molar-refractivity contribution is 9.10. The first-order chi connectivity index (χ1) is 10.0. The monoisotopic (exact) mass is 358 g/mol. The van der Waals surface area contributed by atoms with E-state index in [2.05, 4.69) is 62.4 Å². The van der Waals surface area contributed by atoms with Crippen LogP contribution in [-0.2, 0) is 7.05 Å². The van der Waals surface area contributed by atoms with Crippen molar-refractivity contribution in [2.24, 2.45) is 7.05 Å². The summed E-state index contributed by atoms with van der Waals surface area (Å²) < 4.78 is 2.73. The van der Waals surface area contributed by atoms with E-state index >= 15 is 0 Å². The average molecular weight is 359 g/mol. The van der Waals surface area contributed by atoms with Gasteiger partial charge >= 0.3 is 0 Å². The summed E-state index contributed by atoms with van der Waals surface area (Å²) in [4.78, 5) is 4.89. The Bertz CT molecular complexity index is 429. The van der Waals surface area contributed by atoms with Crippen LogP contribution < -0.4 is 5.32 Å². The van der Waals surface area contributed by atoms with Gasteiger partial charge in [-0.1, -0.05) is 12.1 Å². The van der Waals surface area contributed by atoms with Crippen molar-refractivity contribution in [3.63, 3.8) is 0 Å². The summed E-state index contributed by atoms with van der Waals surface area (Å²) in [5.41, 5.74) is 1.13. The third kappa shape index (κ3) is 4.03. The van der Waals surface area contributed by atoms with Crippen LogP contribution in [-0.4, -0.2) is 71.1 Å². The molecule has 2 atom stereocenters. The maximum absolute atomic E-state index is 4.16. The second kappa shape index (κ2) is 7.67.